The predicted octanol–water partition coefficient (Wildman–Crippen LogP) is 6.24. The summed E-state index contributed by atoms with van der Waals surface area (Å²) < 4.78 is 0. The van der Waals surface area contributed by atoms with E-state index in [1.165, 1.54) is 0 Å². The number of nitrogens with one attached hydrogen (secondary N) is 1. The number of hydrogen-bond acceptors (Lipinski definition) is 4. The van der Waals surface area contributed by atoms with E-state index in [4.69, 9.17) is 17.0 Å². The largest absolute Gasteiger partial charge is 0.481 e. The number of carboxylic acid groups (broad SMARTS) is 1. The van der Waals surface area contributed by atoms with Crippen molar-refractivity contribution in [2.45, 2.75) is 39.0 Å². The number of benzene rings is 2. The van der Waals surface area contributed by atoms with Crippen LogP contribution in [0.5, 0.6) is 0 Å². The molecule has 0 spiro atoms. The van der Waals surface area contributed by atoms with E-state index in [0.717, 1.165) is 46.7 Å². The van der Waals surface area contributed by atoms with Crippen LogP contribution in [0.4, 0.5) is 5.69 Å². The van der Waals surface area contributed by atoms with Crippen LogP contribution in [0.1, 0.15) is 53.1 Å². The average molecular weight is 476 g/mol. The van der Waals surface area contributed by atoms with Gasteiger partial charge in [-0.05, 0) is 85.3 Å². The quantitative estimate of drug-likeness (QED) is 0.396. The number of carboxylic acids is 1. The van der Waals surface area contributed by atoms with Crippen LogP contribution in [0.15, 0.2) is 60.8 Å². The Labute approximate surface area is 205 Å². The highest BCUT2D eigenvalue weighted by Gasteiger charge is 2.25. The Morgan fingerprint density at radius 1 is 1.12 bits per heavy atom. The van der Waals surface area contributed by atoms with Crippen molar-refractivity contribution in [3.8, 4) is 0 Å². The van der Waals surface area contributed by atoms with Crippen molar-refractivity contribution in [3.63, 3.8) is 0 Å². The van der Waals surface area contributed by atoms with E-state index in [0.29, 0.717) is 30.0 Å². The number of piperidine rings is 1. The third-order valence-corrected chi connectivity index (χ3v) is 7.00. The van der Waals surface area contributed by atoms with E-state index in [9.17, 15) is 9.90 Å². The highest BCUT2D eigenvalue weighted by Crippen LogP contribution is 2.34. The SMILES string of the molecule is Cc1cc(C(=N)CC(c2ccc(N3CCC(C(=O)O)CC3)cc2)c2ccc(Cl)cc2C)ccn1. The first kappa shape index (κ1) is 24.0. The minimum absolute atomic E-state index is 0.0186. The highest BCUT2D eigenvalue weighted by molar-refractivity contribution is 6.30. The van der Waals surface area contributed by atoms with Crippen molar-refractivity contribution in [2.75, 3.05) is 18.0 Å². The van der Waals surface area contributed by atoms with Crippen molar-refractivity contribution >= 4 is 29.0 Å². The fourth-order valence-corrected chi connectivity index (χ4v) is 5.02. The van der Waals surface area contributed by atoms with Gasteiger partial charge in [0.2, 0.25) is 0 Å². The van der Waals surface area contributed by atoms with E-state index >= 15 is 0 Å². The Morgan fingerprint density at radius 3 is 2.44 bits per heavy atom. The molecule has 3 aromatic rings. The Hall–Kier alpha value is -3.18. The van der Waals surface area contributed by atoms with Gasteiger partial charge < -0.3 is 15.4 Å². The molecule has 2 heterocycles. The molecule has 0 saturated carbocycles. The molecule has 6 heteroatoms. The van der Waals surface area contributed by atoms with Crippen LogP contribution < -0.4 is 4.90 Å². The van der Waals surface area contributed by atoms with E-state index in [1.54, 1.807) is 6.20 Å². The second-order valence-corrected chi connectivity index (χ2v) is 9.55. The lowest BCUT2D eigenvalue weighted by atomic mass is 9.83. The summed E-state index contributed by atoms with van der Waals surface area (Å²) in [7, 11) is 0. The molecular formula is C28H30ClN3O2. The molecule has 5 nitrogen and oxygen atoms in total. The summed E-state index contributed by atoms with van der Waals surface area (Å²) in [6, 6.07) is 18.3. The topological polar surface area (TPSA) is 77.3 Å². The maximum atomic E-state index is 11.3. The van der Waals surface area contributed by atoms with Crippen LogP contribution in [-0.4, -0.2) is 34.9 Å². The van der Waals surface area contributed by atoms with Gasteiger partial charge in [0.1, 0.15) is 0 Å². The normalized spacial score (nSPS) is 15.2. The van der Waals surface area contributed by atoms with Crippen molar-refractivity contribution < 1.29 is 9.90 Å². The van der Waals surface area contributed by atoms with Gasteiger partial charge in [0.05, 0.1) is 5.92 Å². The third kappa shape index (κ3) is 5.48. The zero-order valence-electron chi connectivity index (χ0n) is 19.6. The second kappa shape index (κ2) is 10.4. The number of nitrogens with zero attached hydrogens (tertiary/aromatic N) is 2. The molecule has 0 bridgehead atoms. The number of aryl methyl sites for hydroxylation is 2. The first-order valence-corrected chi connectivity index (χ1v) is 12.0. The van der Waals surface area contributed by atoms with Gasteiger partial charge in [-0.3, -0.25) is 9.78 Å². The van der Waals surface area contributed by atoms with Crippen LogP contribution in [0.25, 0.3) is 0 Å². The fraction of sp³-hybridized carbons (Fsp3) is 0.321. The monoisotopic (exact) mass is 475 g/mol. The van der Waals surface area contributed by atoms with Gasteiger partial charge in [0.15, 0.2) is 0 Å². The van der Waals surface area contributed by atoms with E-state index < -0.39 is 5.97 Å². The first-order chi connectivity index (χ1) is 16.3. The Balaban J connectivity index is 1.60. The second-order valence-electron chi connectivity index (χ2n) is 9.11. The summed E-state index contributed by atoms with van der Waals surface area (Å²) in [5.74, 6) is -0.913. The molecule has 1 atom stereocenters. The van der Waals surface area contributed by atoms with Crippen LogP contribution in [0.2, 0.25) is 5.02 Å². The number of pyridine rings is 1. The van der Waals surface area contributed by atoms with Crippen molar-refractivity contribution in [3.05, 3.63) is 93.8 Å². The molecule has 0 radical (unpaired) electrons. The summed E-state index contributed by atoms with van der Waals surface area (Å²) in [6.45, 7) is 5.51. The van der Waals surface area contributed by atoms with E-state index in [-0.39, 0.29) is 11.8 Å². The highest BCUT2D eigenvalue weighted by atomic mass is 35.5. The lowest BCUT2D eigenvalue weighted by molar-refractivity contribution is -0.142. The van der Waals surface area contributed by atoms with Gasteiger partial charge in [0, 0.05) is 53.7 Å². The maximum absolute atomic E-state index is 11.3. The van der Waals surface area contributed by atoms with Crippen molar-refractivity contribution in [1.29, 1.82) is 5.41 Å². The van der Waals surface area contributed by atoms with E-state index in [2.05, 4.69) is 47.1 Å². The summed E-state index contributed by atoms with van der Waals surface area (Å²) in [5.41, 5.74) is 6.89. The summed E-state index contributed by atoms with van der Waals surface area (Å²) >= 11 is 6.23. The number of rotatable bonds is 7. The molecule has 1 aliphatic heterocycles. The van der Waals surface area contributed by atoms with Gasteiger partial charge in [-0.25, -0.2) is 0 Å². The molecule has 4 rings (SSSR count). The number of carbonyl (C=O) groups is 1. The smallest absolute Gasteiger partial charge is 0.306 e. The Bertz CT molecular complexity index is 1180. The van der Waals surface area contributed by atoms with Crippen LogP contribution >= 0.6 is 11.6 Å². The van der Waals surface area contributed by atoms with Crippen LogP contribution in [0.3, 0.4) is 0 Å². The average Bonchev–Trinajstić information content (AvgIpc) is 2.83. The molecule has 2 aromatic carbocycles. The lowest BCUT2D eigenvalue weighted by Gasteiger charge is -2.32. The zero-order chi connectivity index (χ0) is 24.2. The summed E-state index contributed by atoms with van der Waals surface area (Å²) in [6.07, 6.45) is 3.66. The number of halogens is 1. The first-order valence-electron chi connectivity index (χ1n) is 11.7. The van der Waals surface area contributed by atoms with Gasteiger partial charge >= 0.3 is 5.97 Å². The van der Waals surface area contributed by atoms with Crippen LogP contribution in [-0.2, 0) is 4.79 Å². The summed E-state index contributed by atoms with van der Waals surface area (Å²) in [4.78, 5) is 17.8. The fourth-order valence-electron chi connectivity index (χ4n) is 4.79. The molecule has 1 saturated heterocycles. The predicted molar refractivity (Wildman–Crippen MR) is 137 cm³/mol. The minimum atomic E-state index is -0.692. The Morgan fingerprint density at radius 2 is 1.82 bits per heavy atom. The molecular weight excluding hydrogens is 446 g/mol. The minimum Gasteiger partial charge on any atom is -0.481 e. The Kier molecular flexibility index (Phi) is 7.32. The third-order valence-electron chi connectivity index (χ3n) is 6.77. The summed E-state index contributed by atoms with van der Waals surface area (Å²) in [5, 5.41) is 18.8. The molecule has 1 unspecified atom stereocenters. The van der Waals surface area contributed by atoms with Crippen LogP contribution in [0, 0.1) is 25.2 Å². The van der Waals surface area contributed by atoms with Gasteiger partial charge in [0.25, 0.3) is 0 Å². The lowest BCUT2D eigenvalue weighted by Crippen LogP contribution is -2.36. The number of aromatic nitrogens is 1. The maximum Gasteiger partial charge on any atom is 0.306 e. The van der Waals surface area contributed by atoms with E-state index in [1.807, 2.05) is 31.2 Å². The molecule has 0 amide bonds. The molecule has 1 aliphatic rings. The van der Waals surface area contributed by atoms with Crippen molar-refractivity contribution in [1.82, 2.24) is 4.98 Å². The zero-order valence-corrected chi connectivity index (χ0v) is 20.3. The van der Waals surface area contributed by atoms with Crippen molar-refractivity contribution in [2.24, 2.45) is 5.92 Å². The molecule has 176 valence electrons. The number of anilines is 1. The molecule has 1 aromatic heterocycles. The molecule has 2 N–H and O–H groups in total. The van der Waals surface area contributed by atoms with Gasteiger partial charge in [-0.15, -0.1) is 0 Å². The molecule has 34 heavy (non-hydrogen) atoms. The van der Waals surface area contributed by atoms with Gasteiger partial charge in [-0.1, -0.05) is 29.8 Å². The molecule has 0 aliphatic carbocycles. The standard InChI is InChI=1S/C28H30ClN3O2/c1-18-15-23(29)5-8-25(18)26(17-27(30)22-9-12-31-19(2)16-22)20-3-6-24(7-4-20)32-13-10-21(11-14-32)28(33)34/h3-9,12,15-16,21,26,30H,10-11,13-14,17H2,1-2H3,(H,33,34). The number of hydrogen-bond donors (Lipinski definition) is 2. The number of aliphatic carboxylic acids is 1. The van der Waals surface area contributed by atoms with Gasteiger partial charge in [-0.2, -0.15) is 0 Å². The molecule has 1 fully saturated rings.